The van der Waals surface area contributed by atoms with Crippen LogP contribution in [0.4, 0.5) is 0 Å². The Labute approximate surface area is 238 Å². The molecule has 202 valence electrons. The number of hydrogen-bond donors (Lipinski definition) is 1. The first-order valence-electron chi connectivity index (χ1n) is 12.7. The van der Waals surface area contributed by atoms with Crippen molar-refractivity contribution in [3.63, 3.8) is 0 Å². The summed E-state index contributed by atoms with van der Waals surface area (Å²) in [5, 5.41) is 4.76. The zero-order valence-corrected chi connectivity index (χ0v) is 24.3. The monoisotopic (exact) mass is 608 g/mol. The molecule has 2 atom stereocenters. The summed E-state index contributed by atoms with van der Waals surface area (Å²) >= 11 is 5.14. The minimum atomic E-state index is -0.778. The Bertz CT molecular complexity index is 1600. The summed E-state index contributed by atoms with van der Waals surface area (Å²) in [5.41, 5.74) is 5.19. The number of aromatic nitrogens is 2. The molecule has 0 fully saturated rings. The van der Waals surface area contributed by atoms with Crippen molar-refractivity contribution in [2.75, 3.05) is 7.11 Å². The fraction of sp³-hybridized carbons (Fsp3) is 0.310. The third kappa shape index (κ3) is 5.77. The van der Waals surface area contributed by atoms with Gasteiger partial charge in [0.25, 0.3) is 11.5 Å². The van der Waals surface area contributed by atoms with Crippen LogP contribution in [0, 0.1) is 5.92 Å². The van der Waals surface area contributed by atoms with Crippen molar-refractivity contribution in [1.29, 1.82) is 0 Å². The van der Waals surface area contributed by atoms with Gasteiger partial charge < -0.3 is 9.47 Å². The second kappa shape index (κ2) is 11.7. The van der Waals surface area contributed by atoms with E-state index >= 15 is 0 Å². The molecular weight excluding hydrogens is 580 g/mol. The Morgan fingerprint density at radius 1 is 1.33 bits per heavy atom. The molecule has 0 bridgehead atoms. The molecule has 2 unspecified atom stereocenters. The number of fused-ring (bicyclic) bond motifs is 3. The van der Waals surface area contributed by atoms with Crippen LogP contribution in [-0.4, -0.2) is 28.8 Å². The summed E-state index contributed by atoms with van der Waals surface area (Å²) in [4.78, 5) is 32.7. The number of hydrazone groups is 1. The molecule has 1 N–H and O–H groups in total. The molecule has 2 heterocycles. The van der Waals surface area contributed by atoms with Crippen LogP contribution in [0.1, 0.15) is 47.9 Å². The largest absolute Gasteiger partial charge is 0.493 e. The Balaban J connectivity index is 1.28. The summed E-state index contributed by atoms with van der Waals surface area (Å²) in [6.07, 6.45) is 5.87. The molecule has 0 spiro atoms. The number of hydrogen-bond acceptors (Lipinski definition) is 7. The molecule has 1 aliphatic carbocycles. The molecule has 1 amide bonds. The summed E-state index contributed by atoms with van der Waals surface area (Å²) in [5.74, 6) is 1.29. The molecule has 0 radical (unpaired) electrons. The minimum Gasteiger partial charge on any atom is -0.493 e. The summed E-state index contributed by atoms with van der Waals surface area (Å²) in [6, 6.07) is 12.7. The van der Waals surface area contributed by atoms with E-state index in [2.05, 4.69) is 38.4 Å². The van der Waals surface area contributed by atoms with E-state index < -0.39 is 11.9 Å². The molecule has 2 aromatic carbocycles. The maximum atomic E-state index is 13.3. The van der Waals surface area contributed by atoms with Crippen LogP contribution in [0.2, 0.25) is 0 Å². The van der Waals surface area contributed by atoms with Crippen LogP contribution < -0.4 is 20.5 Å². The normalized spacial score (nSPS) is 15.7. The Morgan fingerprint density at radius 3 is 2.90 bits per heavy atom. The lowest BCUT2D eigenvalue weighted by atomic mass is 9.89. The molecule has 2 aromatic heterocycles. The minimum absolute atomic E-state index is 0.182. The van der Waals surface area contributed by atoms with Crippen LogP contribution in [0.25, 0.3) is 10.2 Å². The number of nitrogens with one attached hydrogen (secondary N) is 1. The molecule has 1 aliphatic rings. The highest BCUT2D eigenvalue weighted by atomic mass is 79.9. The van der Waals surface area contributed by atoms with Crippen molar-refractivity contribution in [1.82, 2.24) is 15.0 Å². The van der Waals surface area contributed by atoms with Gasteiger partial charge in [-0.05, 0) is 76.9 Å². The van der Waals surface area contributed by atoms with Crippen molar-refractivity contribution in [3.05, 3.63) is 85.2 Å². The van der Waals surface area contributed by atoms with Crippen LogP contribution in [0.15, 0.2) is 63.2 Å². The van der Waals surface area contributed by atoms with Gasteiger partial charge in [0.05, 0.1) is 29.5 Å². The average Bonchev–Trinajstić information content (AvgIpc) is 3.30. The topological polar surface area (TPSA) is 94.8 Å². The highest BCUT2D eigenvalue weighted by Crippen LogP contribution is 2.37. The molecule has 10 heteroatoms. The maximum Gasteiger partial charge on any atom is 0.263 e. The first-order valence-corrected chi connectivity index (χ1v) is 14.3. The number of rotatable bonds is 8. The van der Waals surface area contributed by atoms with Gasteiger partial charge in [0.15, 0.2) is 11.5 Å². The van der Waals surface area contributed by atoms with Gasteiger partial charge in [0.1, 0.15) is 17.5 Å². The number of aryl methyl sites for hydroxylation is 1. The molecule has 8 nitrogen and oxygen atoms in total. The highest BCUT2D eigenvalue weighted by Gasteiger charge is 2.25. The predicted octanol–water partition coefficient (Wildman–Crippen LogP) is 5.64. The summed E-state index contributed by atoms with van der Waals surface area (Å²) in [6.45, 7) is 4.29. The van der Waals surface area contributed by atoms with Crippen LogP contribution in [0.5, 0.6) is 11.5 Å². The Kier molecular flexibility index (Phi) is 8.13. The predicted molar refractivity (Wildman–Crippen MR) is 157 cm³/mol. The molecule has 39 heavy (non-hydrogen) atoms. The van der Waals surface area contributed by atoms with Crippen molar-refractivity contribution < 1.29 is 14.3 Å². The number of amides is 1. The molecule has 4 aromatic rings. The zero-order chi connectivity index (χ0) is 27.5. The van der Waals surface area contributed by atoms with Gasteiger partial charge >= 0.3 is 0 Å². The fourth-order valence-electron chi connectivity index (χ4n) is 4.69. The third-order valence-electron chi connectivity index (χ3n) is 6.90. The molecular formula is C29H29BrN4O4S. The average molecular weight is 610 g/mol. The van der Waals surface area contributed by atoms with E-state index in [0.717, 1.165) is 35.2 Å². The van der Waals surface area contributed by atoms with Crippen molar-refractivity contribution in [2.24, 2.45) is 11.0 Å². The summed E-state index contributed by atoms with van der Waals surface area (Å²) in [7, 11) is 1.56. The van der Waals surface area contributed by atoms with E-state index in [0.29, 0.717) is 39.4 Å². The van der Waals surface area contributed by atoms with Gasteiger partial charge in [0, 0.05) is 4.88 Å². The smallest absolute Gasteiger partial charge is 0.263 e. The molecule has 0 aliphatic heterocycles. The SMILES string of the molecule is COc1cc(C=NNC(=O)C(C)n2cnc3sc4c(c3c2=O)CCC(C)C4)cc(Br)c1OCc1ccccc1. The third-order valence-corrected chi connectivity index (χ3v) is 8.66. The van der Waals surface area contributed by atoms with Gasteiger partial charge in [-0.3, -0.25) is 14.2 Å². The highest BCUT2D eigenvalue weighted by molar-refractivity contribution is 9.10. The quantitative estimate of drug-likeness (QED) is 0.206. The van der Waals surface area contributed by atoms with E-state index in [-0.39, 0.29) is 5.56 Å². The lowest BCUT2D eigenvalue weighted by Gasteiger charge is -2.18. The van der Waals surface area contributed by atoms with Gasteiger partial charge in [-0.25, -0.2) is 10.4 Å². The van der Waals surface area contributed by atoms with E-state index in [4.69, 9.17) is 9.47 Å². The first kappa shape index (κ1) is 27.1. The van der Waals surface area contributed by atoms with Crippen LogP contribution >= 0.6 is 27.3 Å². The van der Waals surface area contributed by atoms with Gasteiger partial charge in [-0.2, -0.15) is 5.10 Å². The summed E-state index contributed by atoms with van der Waals surface area (Å²) < 4.78 is 13.6. The number of carbonyl (C=O) groups excluding carboxylic acids is 1. The van der Waals surface area contributed by atoms with Crippen molar-refractivity contribution in [2.45, 2.75) is 45.8 Å². The van der Waals surface area contributed by atoms with Gasteiger partial charge in [-0.15, -0.1) is 11.3 Å². The van der Waals surface area contributed by atoms with Crippen molar-refractivity contribution in [3.8, 4) is 11.5 Å². The second-order valence-electron chi connectivity index (χ2n) is 9.71. The lowest BCUT2D eigenvalue weighted by molar-refractivity contribution is -0.123. The van der Waals surface area contributed by atoms with E-state index in [9.17, 15) is 9.59 Å². The van der Waals surface area contributed by atoms with Gasteiger partial charge in [-0.1, -0.05) is 37.3 Å². The van der Waals surface area contributed by atoms with Crippen molar-refractivity contribution >= 4 is 49.6 Å². The lowest BCUT2D eigenvalue weighted by Crippen LogP contribution is -2.34. The molecule has 5 rings (SSSR count). The van der Waals surface area contributed by atoms with Crippen LogP contribution in [0.3, 0.4) is 0 Å². The standard InChI is InChI=1S/C29H29BrN4O4S/c1-17-9-10-21-24(11-17)39-28-25(21)29(36)34(16-31-28)18(2)27(35)33-32-14-20-12-22(30)26(23(13-20)37-3)38-15-19-7-5-4-6-8-19/h4-8,12-14,16-18H,9-11,15H2,1-3H3,(H,33,35). The first-order chi connectivity index (χ1) is 18.9. The Morgan fingerprint density at radius 2 is 2.13 bits per heavy atom. The zero-order valence-electron chi connectivity index (χ0n) is 21.9. The number of thiophene rings is 1. The maximum absolute atomic E-state index is 13.3. The van der Waals surface area contributed by atoms with E-state index in [1.54, 1.807) is 31.4 Å². The number of methoxy groups -OCH3 is 1. The van der Waals surface area contributed by atoms with E-state index in [1.165, 1.54) is 22.0 Å². The number of benzene rings is 2. The van der Waals surface area contributed by atoms with E-state index in [1.807, 2.05) is 36.4 Å². The second-order valence-corrected chi connectivity index (χ2v) is 11.6. The number of halogens is 1. The number of ether oxygens (including phenoxy) is 2. The Hall–Kier alpha value is -3.50. The fourth-order valence-corrected chi connectivity index (χ4v) is 6.61. The number of nitrogens with zero attached hydrogens (tertiary/aromatic N) is 3. The molecule has 0 saturated carbocycles. The van der Waals surface area contributed by atoms with Crippen LogP contribution in [-0.2, 0) is 24.2 Å². The number of carbonyl (C=O) groups is 1. The molecule has 0 saturated heterocycles. The van der Waals surface area contributed by atoms with Gasteiger partial charge in [0.2, 0.25) is 0 Å².